The maximum atomic E-state index is 13.7. The van der Waals surface area contributed by atoms with Crippen molar-refractivity contribution in [2.24, 2.45) is 5.92 Å². The first kappa shape index (κ1) is 21.6. The molecule has 6 nitrogen and oxygen atoms in total. The van der Waals surface area contributed by atoms with Crippen molar-refractivity contribution in [3.63, 3.8) is 0 Å². The van der Waals surface area contributed by atoms with E-state index in [0.717, 1.165) is 35.4 Å². The van der Waals surface area contributed by atoms with Crippen LogP contribution in [0.2, 0.25) is 0 Å². The van der Waals surface area contributed by atoms with E-state index >= 15 is 0 Å². The Morgan fingerprint density at radius 2 is 2.13 bits per heavy atom. The van der Waals surface area contributed by atoms with Crippen molar-refractivity contribution in [2.45, 2.75) is 58.0 Å². The third kappa shape index (κ3) is 4.52. The third-order valence-electron chi connectivity index (χ3n) is 6.49. The predicted molar refractivity (Wildman–Crippen MR) is 115 cm³/mol. The molecule has 168 valence electrons. The molecule has 0 spiro atoms. The van der Waals surface area contributed by atoms with Gasteiger partial charge in [-0.15, -0.1) is 0 Å². The van der Waals surface area contributed by atoms with E-state index in [1.165, 1.54) is 4.68 Å². The largest absolute Gasteiger partial charge is 0.496 e. The van der Waals surface area contributed by atoms with Gasteiger partial charge in [-0.2, -0.15) is 5.10 Å². The number of benzene rings is 1. The number of aryl methyl sites for hydroxylation is 2. The fraction of sp³-hybridized carbons (Fsp3) is 0.565. The fourth-order valence-corrected chi connectivity index (χ4v) is 4.91. The third-order valence-corrected chi connectivity index (χ3v) is 6.49. The number of fused-ring (bicyclic) bond motifs is 1. The fourth-order valence-electron chi connectivity index (χ4n) is 4.91. The first-order valence-electron chi connectivity index (χ1n) is 10.9. The number of halogens is 2. The molecule has 0 aliphatic carbocycles. The van der Waals surface area contributed by atoms with Gasteiger partial charge >= 0.3 is 0 Å². The summed E-state index contributed by atoms with van der Waals surface area (Å²) in [6.45, 7) is 5.08. The van der Waals surface area contributed by atoms with Gasteiger partial charge in [0.1, 0.15) is 17.6 Å². The number of alkyl halides is 2. The van der Waals surface area contributed by atoms with Crippen molar-refractivity contribution in [3.8, 4) is 5.75 Å². The number of aromatic nitrogens is 2. The van der Waals surface area contributed by atoms with Gasteiger partial charge in [0.05, 0.1) is 19.2 Å². The van der Waals surface area contributed by atoms with Crippen LogP contribution in [0.25, 0.3) is 0 Å². The number of carbonyl (C=O) groups is 1. The number of nitrogens with zero attached hydrogens (tertiary/aromatic N) is 3. The molecule has 0 radical (unpaired) electrons. The van der Waals surface area contributed by atoms with E-state index in [-0.39, 0.29) is 17.9 Å². The molecule has 1 fully saturated rings. The summed E-state index contributed by atoms with van der Waals surface area (Å²) < 4.78 is 34.2. The Balaban J connectivity index is 1.43. The highest BCUT2D eigenvalue weighted by molar-refractivity contribution is 5.79. The summed E-state index contributed by atoms with van der Waals surface area (Å²) in [6, 6.07) is 6.59. The molecule has 2 aliphatic rings. The summed E-state index contributed by atoms with van der Waals surface area (Å²) in [4.78, 5) is 14.9. The zero-order chi connectivity index (χ0) is 22.1. The molecule has 2 aromatic rings. The van der Waals surface area contributed by atoms with Crippen LogP contribution >= 0.6 is 0 Å². The van der Waals surface area contributed by atoms with Gasteiger partial charge in [0, 0.05) is 25.2 Å². The Hall–Kier alpha value is -2.64. The molecular formula is C23H30F2N4O2. The quantitative estimate of drug-likeness (QED) is 0.777. The topological polar surface area (TPSA) is 59.4 Å². The van der Waals surface area contributed by atoms with Crippen molar-refractivity contribution in [1.82, 2.24) is 14.7 Å². The first-order chi connectivity index (χ1) is 14.9. The van der Waals surface area contributed by atoms with E-state index in [9.17, 15) is 13.6 Å². The lowest BCUT2D eigenvalue weighted by Crippen LogP contribution is -2.48. The van der Waals surface area contributed by atoms with Crippen LogP contribution in [0.15, 0.2) is 24.3 Å². The van der Waals surface area contributed by atoms with Crippen LogP contribution in [0, 0.1) is 19.8 Å². The highest BCUT2D eigenvalue weighted by Crippen LogP contribution is 2.36. The predicted octanol–water partition coefficient (Wildman–Crippen LogP) is 3.98. The number of nitrogens with one attached hydrogen (secondary N) is 1. The summed E-state index contributed by atoms with van der Waals surface area (Å²) >= 11 is 0. The smallest absolute Gasteiger partial charge is 0.260 e. The van der Waals surface area contributed by atoms with Crippen LogP contribution in [0.5, 0.6) is 5.75 Å². The van der Waals surface area contributed by atoms with Gasteiger partial charge in [0.2, 0.25) is 5.91 Å². The van der Waals surface area contributed by atoms with Gasteiger partial charge in [0.25, 0.3) is 6.43 Å². The average Bonchev–Trinajstić information content (AvgIpc) is 3.13. The summed E-state index contributed by atoms with van der Waals surface area (Å²) in [5.74, 6) is 1.67. The van der Waals surface area contributed by atoms with Crippen LogP contribution < -0.4 is 10.1 Å². The minimum absolute atomic E-state index is 0.0800. The monoisotopic (exact) mass is 432 g/mol. The van der Waals surface area contributed by atoms with Gasteiger partial charge in [-0.25, -0.2) is 13.5 Å². The van der Waals surface area contributed by atoms with E-state index in [1.54, 1.807) is 7.11 Å². The molecule has 8 heteroatoms. The summed E-state index contributed by atoms with van der Waals surface area (Å²) in [5.41, 5.74) is 2.68. The molecule has 2 aliphatic heterocycles. The minimum Gasteiger partial charge on any atom is -0.496 e. The van der Waals surface area contributed by atoms with E-state index in [2.05, 4.69) is 10.4 Å². The van der Waals surface area contributed by atoms with Crippen molar-refractivity contribution in [2.75, 3.05) is 25.5 Å². The second-order valence-corrected chi connectivity index (χ2v) is 8.73. The molecule has 1 aromatic carbocycles. The SMILES string of the molecule is COc1ccc(CC(=O)N2CCC[C@@H]([C@@H]3C[C@H](C(F)F)n4nc(C)cc4N3)C2)cc1C. The summed E-state index contributed by atoms with van der Waals surface area (Å²) in [6.07, 6.45) is -0.0143. The van der Waals surface area contributed by atoms with Gasteiger partial charge in [0.15, 0.2) is 0 Å². The molecule has 1 amide bonds. The molecule has 3 heterocycles. The van der Waals surface area contributed by atoms with Crippen molar-refractivity contribution >= 4 is 11.7 Å². The molecule has 1 N–H and O–H groups in total. The van der Waals surface area contributed by atoms with Gasteiger partial charge in [-0.3, -0.25) is 4.79 Å². The van der Waals surface area contributed by atoms with Crippen LogP contribution in [-0.4, -0.2) is 53.3 Å². The Labute approximate surface area is 181 Å². The van der Waals surface area contributed by atoms with Crippen LogP contribution in [0.1, 0.15) is 42.1 Å². The number of carbonyl (C=O) groups excluding carboxylic acids is 1. The zero-order valence-electron chi connectivity index (χ0n) is 18.3. The lowest BCUT2D eigenvalue weighted by molar-refractivity contribution is -0.132. The molecule has 4 rings (SSSR count). The van der Waals surface area contributed by atoms with E-state index < -0.39 is 12.5 Å². The molecule has 31 heavy (non-hydrogen) atoms. The number of likely N-dealkylation sites (tertiary alicyclic amines) is 1. The van der Waals surface area contributed by atoms with E-state index in [4.69, 9.17) is 4.74 Å². The number of hydrogen-bond acceptors (Lipinski definition) is 4. The Morgan fingerprint density at radius 3 is 2.84 bits per heavy atom. The highest BCUT2D eigenvalue weighted by Gasteiger charge is 2.38. The molecule has 3 atom stereocenters. The van der Waals surface area contributed by atoms with Crippen LogP contribution in [-0.2, 0) is 11.2 Å². The lowest BCUT2D eigenvalue weighted by Gasteiger charge is -2.41. The van der Waals surface area contributed by atoms with E-state index in [0.29, 0.717) is 31.7 Å². The highest BCUT2D eigenvalue weighted by atomic mass is 19.3. The summed E-state index contributed by atoms with van der Waals surface area (Å²) in [7, 11) is 1.63. The second-order valence-electron chi connectivity index (χ2n) is 8.73. The van der Waals surface area contributed by atoms with Gasteiger partial charge < -0.3 is 15.0 Å². The number of ether oxygens (including phenoxy) is 1. The number of anilines is 1. The molecule has 0 unspecified atom stereocenters. The maximum Gasteiger partial charge on any atom is 0.260 e. The van der Waals surface area contributed by atoms with E-state index in [1.807, 2.05) is 43.0 Å². The number of hydrogen-bond donors (Lipinski definition) is 1. The Bertz CT molecular complexity index is 946. The normalized spacial score (nSPS) is 23.4. The maximum absolute atomic E-state index is 13.7. The number of rotatable bonds is 5. The van der Waals surface area contributed by atoms with Gasteiger partial charge in [-0.1, -0.05) is 12.1 Å². The van der Waals surface area contributed by atoms with Crippen molar-refractivity contribution < 1.29 is 18.3 Å². The summed E-state index contributed by atoms with van der Waals surface area (Å²) in [5, 5.41) is 7.66. The van der Waals surface area contributed by atoms with Gasteiger partial charge in [-0.05, 0) is 56.2 Å². The molecular weight excluding hydrogens is 402 g/mol. The standard InChI is InChI=1S/C23H30F2N4O2/c1-14-9-16(6-7-20(14)31-3)11-22(30)28-8-4-5-17(13-28)18-12-19(23(24)25)29-21(26-18)10-15(2)27-29/h6-7,9-10,17-19,23,26H,4-5,8,11-13H2,1-3H3/t17-,18+,19-/m1/s1. The minimum atomic E-state index is -2.47. The number of piperidine rings is 1. The van der Waals surface area contributed by atoms with Crippen molar-refractivity contribution in [3.05, 3.63) is 41.1 Å². The molecule has 1 saturated heterocycles. The molecule has 1 aromatic heterocycles. The number of amides is 1. The average molecular weight is 433 g/mol. The lowest BCUT2D eigenvalue weighted by atomic mass is 9.85. The second kappa shape index (κ2) is 8.85. The van der Waals surface area contributed by atoms with Crippen LogP contribution in [0.3, 0.4) is 0 Å². The first-order valence-corrected chi connectivity index (χ1v) is 10.9. The Morgan fingerprint density at radius 1 is 1.32 bits per heavy atom. The molecule has 0 saturated carbocycles. The molecule has 0 bridgehead atoms. The number of methoxy groups -OCH3 is 1. The van der Waals surface area contributed by atoms with Crippen molar-refractivity contribution in [1.29, 1.82) is 0 Å². The zero-order valence-corrected chi connectivity index (χ0v) is 18.3. The van der Waals surface area contributed by atoms with Crippen LogP contribution in [0.4, 0.5) is 14.6 Å². The Kier molecular flexibility index (Phi) is 6.16.